The van der Waals surface area contributed by atoms with Crippen LogP contribution in [0.2, 0.25) is 0 Å². The predicted molar refractivity (Wildman–Crippen MR) is 98.0 cm³/mol. The summed E-state index contributed by atoms with van der Waals surface area (Å²) in [7, 11) is -1.24. The summed E-state index contributed by atoms with van der Waals surface area (Å²) in [6.07, 6.45) is 4.13. The fourth-order valence-corrected chi connectivity index (χ4v) is 4.41. The van der Waals surface area contributed by atoms with Gasteiger partial charge in [-0.05, 0) is 36.8 Å². The van der Waals surface area contributed by atoms with Crippen molar-refractivity contribution >= 4 is 21.7 Å². The third-order valence-electron chi connectivity index (χ3n) is 4.95. The van der Waals surface area contributed by atoms with E-state index in [1.54, 1.807) is 4.31 Å². The van der Waals surface area contributed by atoms with Crippen LogP contribution in [0.1, 0.15) is 18.4 Å². The number of guanidine groups is 1. The lowest BCUT2D eigenvalue weighted by atomic mass is 9.98. The molecule has 1 aromatic carbocycles. The van der Waals surface area contributed by atoms with Crippen LogP contribution in [0.5, 0.6) is 0 Å². The Hall–Kier alpha value is -1.60. The molecule has 2 aliphatic rings. The molecule has 2 heterocycles. The summed E-state index contributed by atoms with van der Waals surface area (Å²) in [6.45, 7) is 3.03. The molecule has 7 heteroatoms. The topological polar surface area (TPSA) is 65.0 Å². The molecule has 3 rings (SSSR count). The maximum atomic E-state index is 11.6. The monoisotopic (exact) mass is 350 g/mol. The van der Waals surface area contributed by atoms with Gasteiger partial charge in [-0.1, -0.05) is 18.2 Å². The van der Waals surface area contributed by atoms with Gasteiger partial charge >= 0.3 is 0 Å². The minimum absolute atomic E-state index is 0.484. The Morgan fingerprint density at radius 2 is 1.96 bits per heavy atom. The summed E-state index contributed by atoms with van der Waals surface area (Å²) in [5.74, 6) is 1.39. The summed E-state index contributed by atoms with van der Waals surface area (Å²) in [5.41, 5.74) is 2.60. The number of rotatable bonds is 3. The Bertz CT molecular complexity index is 709. The normalized spacial score (nSPS) is 20.2. The summed E-state index contributed by atoms with van der Waals surface area (Å²) in [4.78, 5) is 6.67. The Morgan fingerprint density at radius 3 is 2.62 bits per heavy atom. The minimum atomic E-state index is -3.05. The molecule has 0 saturated carbocycles. The number of hydrogen-bond donors (Lipinski definition) is 1. The maximum absolute atomic E-state index is 11.6. The van der Waals surface area contributed by atoms with Crippen LogP contribution in [0.3, 0.4) is 0 Å². The van der Waals surface area contributed by atoms with Crippen LogP contribution in [0.4, 0.5) is 5.69 Å². The first kappa shape index (κ1) is 17.2. The van der Waals surface area contributed by atoms with Crippen molar-refractivity contribution in [3.63, 3.8) is 0 Å². The first-order chi connectivity index (χ1) is 11.5. The molecular weight excluding hydrogens is 324 g/mol. The van der Waals surface area contributed by atoms with Crippen molar-refractivity contribution in [2.45, 2.75) is 19.3 Å². The lowest BCUT2D eigenvalue weighted by Crippen LogP contribution is -2.45. The van der Waals surface area contributed by atoms with Gasteiger partial charge in [0.1, 0.15) is 0 Å². The number of nitrogens with one attached hydrogen (secondary N) is 1. The number of fused-ring (bicyclic) bond motifs is 1. The number of nitrogens with zero attached hydrogens (tertiary/aromatic N) is 3. The van der Waals surface area contributed by atoms with E-state index < -0.39 is 10.0 Å². The first-order valence-electron chi connectivity index (χ1n) is 8.50. The molecule has 132 valence electrons. The van der Waals surface area contributed by atoms with Crippen LogP contribution < -0.4 is 10.2 Å². The van der Waals surface area contributed by atoms with Crippen molar-refractivity contribution in [2.75, 3.05) is 44.4 Å². The highest BCUT2D eigenvalue weighted by Gasteiger charge is 2.26. The molecule has 1 N–H and O–H groups in total. The van der Waals surface area contributed by atoms with Crippen molar-refractivity contribution < 1.29 is 8.42 Å². The van der Waals surface area contributed by atoms with E-state index in [2.05, 4.69) is 39.5 Å². The number of aliphatic imine (C=N–C) groups is 1. The highest BCUT2D eigenvalue weighted by Crippen LogP contribution is 2.27. The molecule has 0 atom stereocenters. The van der Waals surface area contributed by atoms with Crippen molar-refractivity contribution in [1.29, 1.82) is 0 Å². The Kier molecular flexibility index (Phi) is 5.10. The second-order valence-corrected chi connectivity index (χ2v) is 8.55. The Morgan fingerprint density at radius 1 is 1.25 bits per heavy atom. The number of benzene rings is 1. The lowest BCUT2D eigenvalue weighted by molar-refractivity contribution is 0.275. The zero-order valence-electron chi connectivity index (χ0n) is 14.4. The van der Waals surface area contributed by atoms with Gasteiger partial charge in [0.2, 0.25) is 10.0 Å². The summed E-state index contributed by atoms with van der Waals surface area (Å²) in [5, 5.41) is 3.48. The van der Waals surface area contributed by atoms with Crippen molar-refractivity contribution in [1.82, 2.24) is 9.62 Å². The van der Waals surface area contributed by atoms with E-state index in [1.807, 2.05) is 7.05 Å². The molecule has 2 aliphatic heterocycles. The van der Waals surface area contributed by atoms with Crippen LogP contribution in [-0.2, 0) is 16.4 Å². The highest BCUT2D eigenvalue weighted by atomic mass is 32.2. The van der Waals surface area contributed by atoms with E-state index in [-0.39, 0.29) is 0 Å². The van der Waals surface area contributed by atoms with E-state index in [4.69, 9.17) is 0 Å². The van der Waals surface area contributed by atoms with Crippen molar-refractivity contribution in [3.8, 4) is 0 Å². The Balaban J connectivity index is 1.55. The van der Waals surface area contributed by atoms with Gasteiger partial charge in [-0.3, -0.25) is 4.99 Å². The minimum Gasteiger partial charge on any atom is -0.356 e. The summed E-state index contributed by atoms with van der Waals surface area (Å²) in [6, 6.07) is 8.45. The van der Waals surface area contributed by atoms with Crippen LogP contribution in [0.25, 0.3) is 0 Å². The largest absolute Gasteiger partial charge is 0.356 e. The molecule has 0 spiro atoms. The SMILES string of the molecule is CN=C(NCC1CCN(S(C)(=O)=O)CC1)N1CCc2ccccc21. The van der Waals surface area contributed by atoms with E-state index in [9.17, 15) is 8.42 Å². The van der Waals surface area contributed by atoms with Gasteiger partial charge in [0.05, 0.1) is 6.26 Å². The van der Waals surface area contributed by atoms with Crippen LogP contribution in [-0.4, -0.2) is 58.2 Å². The van der Waals surface area contributed by atoms with Crippen LogP contribution >= 0.6 is 0 Å². The van der Waals surface area contributed by atoms with Crippen LogP contribution in [0.15, 0.2) is 29.3 Å². The van der Waals surface area contributed by atoms with Crippen LogP contribution in [0, 0.1) is 5.92 Å². The molecule has 0 aromatic heterocycles. The van der Waals surface area contributed by atoms with Gasteiger partial charge in [-0.25, -0.2) is 12.7 Å². The fourth-order valence-electron chi connectivity index (χ4n) is 3.53. The van der Waals surface area contributed by atoms with Gasteiger partial charge in [0.25, 0.3) is 0 Å². The number of piperidine rings is 1. The summed E-state index contributed by atoms with van der Waals surface area (Å²) >= 11 is 0. The average Bonchev–Trinajstić information content (AvgIpc) is 2.99. The van der Waals surface area contributed by atoms with E-state index in [0.717, 1.165) is 38.3 Å². The number of hydrogen-bond acceptors (Lipinski definition) is 3. The quantitative estimate of drug-likeness (QED) is 0.659. The molecular formula is C17H26N4O2S. The highest BCUT2D eigenvalue weighted by molar-refractivity contribution is 7.88. The lowest BCUT2D eigenvalue weighted by Gasteiger charge is -2.31. The van der Waals surface area contributed by atoms with E-state index in [0.29, 0.717) is 19.0 Å². The molecule has 1 aromatic rings. The molecule has 0 unspecified atom stereocenters. The zero-order valence-corrected chi connectivity index (χ0v) is 15.2. The predicted octanol–water partition coefficient (Wildman–Crippen LogP) is 1.30. The van der Waals surface area contributed by atoms with Gasteiger partial charge < -0.3 is 10.2 Å². The van der Waals surface area contributed by atoms with Gasteiger partial charge in [-0.15, -0.1) is 0 Å². The Labute approximate surface area is 144 Å². The van der Waals surface area contributed by atoms with Crippen molar-refractivity contribution in [3.05, 3.63) is 29.8 Å². The molecule has 0 bridgehead atoms. The molecule has 0 radical (unpaired) electrons. The smallest absolute Gasteiger partial charge is 0.211 e. The standard InChI is InChI=1S/C17H26N4O2S/c1-18-17(21-12-9-15-5-3-4-6-16(15)21)19-13-14-7-10-20(11-8-14)24(2,22)23/h3-6,14H,7-13H2,1-2H3,(H,18,19). The molecule has 0 amide bonds. The van der Waals surface area contributed by atoms with Gasteiger partial charge in [0.15, 0.2) is 5.96 Å². The second-order valence-electron chi connectivity index (χ2n) is 6.56. The molecule has 1 saturated heterocycles. The number of anilines is 1. The third kappa shape index (κ3) is 3.72. The van der Waals surface area contributed by atoms with Crippen molar-refractivity contribution in [2.24, 2.45) is 10.9 Å². The zero-order chi connectivity index (χ0) is 17.2. The second kappa shape index (κ2) is 7.11. The summed E-state index contributed by atoms with van der Waals surface area (Å²) < 4.78 is 24.7. The van der Waals surface area contributed by atoms with Gasteiger partial charge in [0, 0.05) is 38.9 Å². The average molecular weight is 350 g/mol. The fraction of sp³-hybridized carbons (Fsp3) is 0.588. The van der Waals surface area contributed by atoms with Gasteiger partial charge in [-0.2, -0.15) is 0 Å². The molecule has 6 nitrogen and oxygen atoms in total. The first-order valence-corrected chi connectivity index (χ1v) is 10.3. The molecule has 24 heavy (non-hydrogen) atoms. The van der Waals surface area contributed by atoms with E-state index in [1.165, 1.54) is 17.5 Å². The van der Waals surface area contributed by atoms with E-state index >= 15 is 0 Å². The molecule has 1 fully saturated rings. The number of sulfonamides is 1. The maximum Gasteiger partial charge on any atom is 0.211 e. The third-order valence-corrected chi connectivity index (χ3v) is 6.25. The number of para-hydroxylation sites is 1. The molecule has 0 aliphatic carbocycles.